The molecule has 1 fully saturated rings. The van der Waals surface area contributed by atoms with Gasteiger partial charge in [0, 0.05) is 17.9 Å². The number of hydrogen-bond donors (Lipinski definition) is 1. The maximum Gasteiger partial charge on any atom is 0.416 e. The minimum absolute atomic E-state index is 0.0148. The van der Waals surface area contributed by atoms with E-state index in [2.05, 4.69) is 5.32 Å². The Morgan fingerprint density at radius 1 is 0.931 bits per heavy atom. The van der Waals surface area contributed by atoms with E-state index in [1.165, 1.54) is 12.1 Å². The molecular weight excluding hydrogens is 379 g/mol. The summed E-state index contributed by atoms with van der Waals surface area (Å²) in [5.41, 5.74) is 0.891. The summed E-state index contributed by atoms with van der Waals surface area (Å²) in [4.78, 5) is 25.2. The van der Waals surface area contributed by atoms with Gasteiger partial charge in [0.2, 0.25) is 5.91 Å². The van der Waals surface area contributed by atoms with Crippen LogP contribution in [-0.4, -0.2) is 11.7 Å². The molecular formula is C23H24F3NO2. The van der Waals surface area contributed by atoms with Crippen LogP contribution in [0.5, 0.6) is 0 Å². The van der Waals surface area contributed by atoms with Gasteiger partial charge >= 0.3 is 6.18 Å². The van der Waals surface area contributed by atoms with Crippen LogP contribution in [-0.2, 0) is 17.4 Å². The van der Waals surface area contributed by atoms with Gasteiger partial charge in [0.05, 0.1) is 11.3 Å². The van der Waals surface area contributed by atoms with Crippen molar-refractivity contribution in [2.45, 2.75) is 51.1 Å². The van der Waals surface area contributed by atoms with Gasteiger partial charge in [-0.1, -0.05) is 43.5 Å². The predicted octanol–water partition coefficient (Wildman–Crippen LogP) is 6.04. The number of aryl methyl sites for hydroxylation is 1. The van der Waals surface area contributed by atoms with E-state index in [1.807, 2.05) is 0 Å². The van der Waals surface area contributed by atoms with Crippen molar-refractivity contribution in [1.29, 1.82) is 0 Å². The Hall–Kier alpha value is -2.63. The van der Waals surface area contributed by atoms with E-state index in [0.29, 0.717) is 23.2 Å². The average Bonchev–Trinajstić information content (AvgIpc) is 2.72. The molecule has 0 aromatic heterocycles. The van der Waals surface area contributed by atoms with Gasteiger partial charge in [0.1, 0.15) is 0 Å². The van der Waals surface area contributed by atoms with Gasteiger partial charge < -0.3 is 5.32 Å². The van der Waals surface area contributed by atoms with Crippen molar-refractivity contribution >= 4 is 17.4 Å². The lowest BCUT2D eigenvalue weighted by Gasteiger charge is -2.21. The zero-order valence-corrected chi connectivity index (χ0v) is 16.1. The standard InChI is InChI=1S/C23H24F3NO2/c24-23(25,26)18-13-10-16(11-14-18)12-15-21(28)19-8-4-5-9-20(19)27-22(29)17-6-2-1-3-7-17/h4-5,8-11,13-14,17H,1-3,6-7,12,15H2,(H,27,29). The van der Waals surface area contributed by atoms with Crippen molar-refractivity contribution in [3.05, 3.63) is 65.2 Å². The minimum Gasteiger partial charge on any atom is -0.325 e. The van der Waals surface area contributed by atoms with Gasteiger partial charge in [-0.25, -0.2) is 0 Å². The molecule has 1 N–H and O–H groups in total. The summed E-state index contributed by atoms with van der Waals surface area (Å²) in [6.07, 6.45) is 1.11. The lowest BCUT2D eigenvalue weighted by molar-refractivity contribution is -0.137. The van der Waals surface area contributed by atoms with Crippen LogP contribution in [0.1, 0.15) is 60.0 Å². The number of nitrogens with one attached hydrogen (secondary N) is 1. The first-order valence-corrected chi connectivity index (χ1v) is 9.94. The number of anilines is 1. The molecule has 0 radical (unpaired) electrons. The first kappa shape index (κ1) is 21.1. The molecule has 0 bridgehead atoms. The van der Waals surface area contributed by atoms with Crippen LogP contribution in [0.15, 0.2) is 48.5 Å². The van der Waals surface area contributed by atoms with Gasteiger partial charge in [-0.05, 0) is 49.1 Å². The highest BCUT2D eigenvalue weighted by molar-refractivity contribution is 6.05. The normalized spacial score (nSPS) is 15.1. The van der Waals surface area contributed by atoms with Crippen LogP contribution >= 0.6 is 0 Å². The summed E-state index contributed by atoms with van der Waals surface area (Å²) in [6, 6.07) is 11.7. The van der Waals surface area contributed by atoms with Crippen molar-refractivity contribution < 1.29 is 22.8 Å². The van der Waals surface area contributed by atoms with Crippen LogP contribution in [0, 0.1) is 5.92 Å². The van der Waals surface area contributed by atoms with E-state index in [-0.39, 0.29) is 24.0 Å². The van der Waals surface area contributed by atoms with Gasteiger partial charge in [0.15, 0.2) is 5.78 Å². The van der Waals surface area contributed by atoms with Crippen LogP contribution in [0.25, 0.3) is 0 Å². The van der Waals surface area contributed by atoms with E-state index in [0.717, 1.165) is 44.2 Å². The molecule has 0 saturated heterocycles. The average molecular weight is 403 g/mol. The lowest BCUT2D eigenvalue weighted by atomic mass is 9.88. The summed E-state index contributed by atoms with van der Waals surface area (Å²) >= 11 is 0. The quantitative estimate of drug-likeness (QED) is 0.598. The maximum atomic E-state index is 12.7. The summed E-state index contributed by atoms with van der Waals surface area (Å²) in [5.74, 6) is -0.212. The van der Waals surface area contributed by atoms with Crippen molar-refractivity contribution in [2.75, 3.05) is 5.32 Å². The topological polar surface area (TPSA) is 46.2 Å². The highest BCUT2D eigenvalue weighted by Crippen LogP contribution is 2.29. The van der Waals surface area contributed by atoms with E-state index >= 15 is 0 Å². The highest BCUT2D eigenvalue weighted by Gasteiger charge is 2.30. The predicted molar refractivity (Wildman–Crippen MR) is 106 cm³/mol. The van der Waals surface area contributed by atoms with Crippen molar-refractivity contribution in [1.82, 2.24) is 0 Å². The molecule has 1 aliphatic carbocycles. The monoisotopic (exact) mass is 403 g/mol. The molecule has 1 saturated carbocycles. The molecule has 0 atom stereocenters. The van der Waals surface area contributed by atoms with E-state index in [9.17, 15) is 22.8 Å². The van der Waals surface area contributed by atoms with E-state index in [4.69, 9.17) is 0 Å². The molecule has 6 heteroatoms. The van der Waals surface area contributed by atoms with Crippen molar-refractivity contribution in [2.24, 2.45) is 5.92 Å². The summed E-state index contributed by atoms with van der Waals surface area (Å²) in [6.45, 7) is 0. The van der Waals surface area contributed by atoms with Crippen molar-refractivity contribution in [3.8, 4) is 0 Å². The number of halogens is 3. The largest absolute Gasteiger partial charge is 0.416 e. The number of hydrogen-bond acceptors (Lipinski definition) is 2. The summed E-state index contributed by atoms with van der Waals surface area (Å²) in [7, 11) is 0. The second-order valence-corrected chi connectivity index (χ2v) is 7.49. The second-order valence-electron chi connectivity index (χ2n) is 7.49. The Morgan fingerprint density at radius 2 is 1.59 bits per heavy atom. The molecule has 0 heterocycles. The van der Waals surface area contributed by atoms with Crippen LogP contribution in [0.4, 0.5) is 18.9 Å². The number of carbonyl (C=O) groups excluding carboxylic acids is 2. The number of benzene rings is 2. The molecule has 0 aliphatic heterocycles. The van der Waals surface area contributed by atoms with Crippen LogP contribution in [0.3, 0.4) is 0 Å². The zero-order valence-electron chi connectivity index (χ0n) is 16.1. The van der Waals surface area contributed by atoms with E-state index in [1.54, 1.807) is 24.3 Å². The molecule has 29 heavy (non-hydrogen) atoms. The Balaban J connectivity index is 1.63. The smallest absolute Gasteiger partial charge is 0.325 e. The number of amides is 1. The number of rotatable bonds is 6. The third-order valence-electron chi connectivity index (χ3n) is 5.38. The number of para-hydroxylation sites is 1. The van der Waals surface area contributed by atoms with Crippen LogP contribution < -0.4 is 5.32 Å². The molecule has 0 unspecified atom stereocenters. The molecule has 2 aromatic carbocycles. The minimum atomic E-state index is -4.37. The number of Topliss-reactive ketones (excluding diaryl/α,β-unsaturated/α-hetero) is 1. The summed E-state index contributed by atoms with van der Waals surface area (Å²) in [5, 5.41) is 2.90. The molecule has 154 valence electrons. The zero-order chi connectivity index (χ0) is 20.9. The fraction of sp³-hybridized carbons (Fsp3) is 0.391. The molecule has 2 aromatic rings. The molecule has 0 spiro atoms. The molecule has 1 amide bonds. The van der Waals surface area contributed by atoms with Crippen LogP contribution in [0.2, 0.25) is 0 Å². The fourth-order valence-electron chi connectivity index (χ4n) is 3.69. The van der Waals surface area contributed by atoms with Gasteiger partial charge in [-0.3, -0.25) is 9.59 Å². The Kier molecular flexibility index (Phi) is 6.72. The Labute approximate surface area is 168 Å². The van der Waals surface area contributed by atoms with Gasteiger partial charge in [0.25, 0.3) is 0 Å². The Bertz CT molecular complexity index is 853. The highest BCUT2D eigenvalue weighted by atomic mass is 19.4. The number of ketones is 1. The first-order valence-electron chi connectivity index (χ1n) is 9.94. The van der Waals surface area contributed by atoms with Crippen molar-refractivity contribution in [3.63, 3.8) is 0 Å². The van der Waals surface area contributed by atoms with E-state index < -0.39 is 11.7 Å². The number of carbonyl (C=O) groups is 2. The van der Waals surface area contributed by atoms with Gasteiger partial charge in [-0.15, -0.1) is 0 Å². The number of alkyl halides is 3. The second kappa shape index (κ2) is 9.25. The first-order chi connectivity index (χ1) is 13.8. The lowest BCUT2D eigenvalue weighted by Crippen LogP contribution is -2.25. The third kappa shape index (κ3) is 5.68. The SMILES string of the molecule is O=C(CCc1ccc(C(F)(F)F)cc1)c1ccccc1NC(=O)C1CCCCC1. The molecule has 3 nitrogen and oxygen atoms in total. The summed E-state index contributed by atoms with van der Waals surface area (Å²) < 4.78 is 37.9. The molecule has 3 rings (SSSR count). The maximum absolute atomic E-state index is 12.7. The van der Waals surface area contributed by atoms with Gasteiger partial charge in [-0.2, -0.15) is 13.2 Å². The Morgan fingerprint density at radius 3 is 2.24 bits per heavy atom. The third-order valence-corrected chi connectivity index (χ3v) is 5.38. The molecule has 1 aliphatic rings. The fourth-order valence-corrected chi connectivity index (χ4v) is 3.69.